The number of hydrogen-bond acceptors (Lipinski definition) is 1. The summed E-state index contributed by atoms with van der Waals surface area (Å²) in [4.78, 5) is 0. The van der Waals surface area contributed by atoms with Crippen LogP contribution in [0, 0.1) is 5.92 Å². The van der Waals surface area contributed by atoms with Crippen molar-refractivity contribution < 1.29 is 4.74 Å². The summed E-state index contributed by atoms with van der Waals surface area (Å²) in [6.45, 7) is 7.00. The first-order valence-electron chi connectivity index (χ1n) is 4.11. The van der Waals surface area contributed by atoms with E-state index in [4.69, 9.17) is 4.74 Å². The normalized spacial score (nSPS) is 25.9. The van der Waals surface area contributed by atoms with Crippen LogP contribution in [0.2, 0.25) is 0 Å². The van der Waals surface area contributed by atoms with Crippen LogP contribution in [0.4, 0.5) is 0 Å². The maximum absolute atomic E-state index is 5.14. The van der Waals surface area contributed by atoms with Crippen molar-refractivity contribution in [3.8, 4) is 0 Å². The van der Waals surface area contributed by atoms with Crippen molar-refractivity contribution in [2.75, 3.05) is 6.61 Å². The average molecular weight is 140 g/mol. The minimum Gasteiger partial charge on any atom is -0.373 e. The zero-order valence-corrected chi connectivity index (χ0v) is 6.68. The van der Waals surface area contributed by atoms with E-state index in [0.717, 1.165) is 6.61 Å². The van der Waals surface area contributed by atoms with Gasteiger partial charge in [-0.15, -0.1) is 6.58 Å². The Labute approximate surface area is 63.1 Å². The van der Waals surface area contributed by atoms with Gasteiger partial charge in [-0.3, -0.25) is 0 Å². The Morgan fingerprint density at radius 3 is 2.90 bits per heavy atom. The number of ether oxygens (including phenoxy) is 1. The molecular formula is C9H16O. The fourth-order valence-corrected chi connectivity index (χ4v) is 1.24. The van der Waals surface area contributed by atoms with E-state index in [-0.39, 0.29) is 0 Å². The smallest absolute Gasteiger partial charge is 0.0815 e. The quantitative estimate of drug-likeness (QED) is 0.422. The van der Waals surface area contributed by atoms with Crippen LogP contribution in [0.25, 0.3) is 0 Å². The third-order valence-corrected chi connectivity index (χ3v) is 1.96. The monoisotopic (exact) mass is 140 g/mol. The Balaban J connectivity index is 2.11. The lowest BCUT2D eigenvalue weighted by molar-refractivity contribution is 0.366. The van der Waals surface area contributed by atoms with Crippen LogP contribution >= 0.6 is 0 Å². The molecule has 58 valence electrons. The summed E-state index contributed by atoms with van der Waals surface area (Å²) in [6.07, 6.45) is 6.34. The molecule has 1 aliphatic heterocycles. The molecule has 0 N–H and O–H groups in total. The molecule has 0 radical (unpaired) electrons. The van der Waals surface area contributed by atoms with Gasteiger partial charge < -0.3 is 4.74 Å². The van der Waals surface area contributed by atoms with Crippen LogP contribution in [-0.2, 0) is 4.74 Å². The molecule has 1 heterocycles. The van der Waals surface area contributed by atoms with Crippen LogP contribution in [-0.4, -0.2) is 12.7 Å². The molecule has 1 rings (SSSR count). The van der Waals surface area contributed by atoms with Gasteiger partial charge in [0.1, 0.15) is 0 Å². The second-order valence-electron chi connectivity index (χ2n) is 2.98. The third kappa shape index (κ3) is 2.53. The van der Waals surface area contributed by atoms with Crippen molar-refractivity contribution in [2.24, 2.45) is 5.92 Å². The van der Waals surface area contributed by atoms with Gasteiger partial charge in [0, 0.05) is 0 Å². The van der Waals surface area contributed by atoms with Gasteiger partial charge in [-0.05, 0) is 18.8 Å². The molecular weight excluding hydrogens is 124 g/mol. The van der Waals surface area contributed by atoms with Crippen LogP contribution in [0.3, 0.4) is 0 Å². The molecule has 0 aromatic heterocycles. The summed E-state index contributed by atoms with van der Waals surface area (Å²) in [6, 6.07) is 0. The molecule has 10 heavy (non-hydrogen) atoms. The molecule has 0 aromatic carbocycles. The summed E-state index contributed by atoms with van der Waals surface area (Å²) in [7, 11) is 0. The van der Waals surface area contributed by atoms with Crippen LogP contribution < -0.4 is 0 Å². The van der Waals surface area contributed by atoms with E-state index < -0.39 is 0 Å². The highest BCUT2D eigenvalue weighted by Gasteiger charge is 2.24. The van der Waals surface area contributed by atoms with E-state index >= 15 is 0 Å². The van der Waals surface area contributed by atoms with Gasteiger partial charge in [0.15, 0.2) is 0 Å². The summed E-state index contributed by atoms with van der Waals surface area (Å²) in [5, 5.41) is 0. The third-order valence-electron chi connectivity index (χ3n) is 1.96. The molecule has 0 saturated carbocycles. The second-order valence-corrected chi connectivity index (χ2v) is 2.98. The molecule has 1 nitrogen and oxygen atoms in total. The Morgan fingerprint density at radius 2 is 2.50 bits per heavy atom. The van der Waals surface area contributed by atoms with Crippen LogP contribution in [0.1, 0.15) is 26.2 Å². The number of allylic oxidation sites excluding steroid dienone is 1. The van der Waals surface area contributed by atoms with Gasteiger partial charge in [-0.1, -0.05) is 19.4 Å². The SMILES string of the molecule is C=CC(CCC)CC1CO1. The molecule has 2 unspecified atom stereocenters. The molecule has 2 atom stereocenters. The van der Waals surface area contributed by atoms with Crippen molar-refractivity contribution in [1.82, 2.24) is 0 Å². The lowest BCUT2D eigenvalue weighted by atomic mass is 9.99. The van der Waals surface area contributed by atoms with E-state index in [2.05, 4.69) is 19.6 Å². The van der Waals surface area contributed by atoms with E-state index in [1.807, 2.05) is 0 Å². The fourth-order valence-electron chi connectivity index (χ4n) is 1.24. The minimum absolute atomic E-state index is 0.564. The predicted molar refractivity (Wildman–Crippen MR) is 43.0 cm³/mol. The summed E-state index contributed by atoms with van der Waals surface area (Å²) >= 11 is 0. The van der Waals surface area contributed by atoms with Crippen molar-refractivity contribution in [1.29, 1.82) is 0 Å². The van der Waals surface area contributed by atoms with Gasteiger partial charge in [0.05, 0.1) is 12.7 Å². The van der Waals surface area contributed by atoms with E-state index in [1.165, 1.54) is 19.3 Å². The topological polar surface area (TPSA) is 12.5 Å². The number of hydrogen-bond donors (Lipinski definition) is 0. The van der Waals surface area contributed by atoms with Crippen molar-refractivity contribution in [3.63, 3.8) is 0 Å². The first kappa shape index (κ1) is 7.80. The van der Waals surface area contributed by atoms with E-state index in [9.17, 15) is 0 Å². The predicted octanol–water partition coefficient (Wildman–Crippen LogP) is 2.38. The van der Waals surface area contributed by atoms with Gasteiger partial charge in [-0.25, -0.2) is 0 Å². The van der Waals surface area contributed by atoms with Gasteiger partial charge in [0.2, 0.25) is 0 Å². The van der Waals surface area contributed by atoms with E-state index in [1.54, 1.807) is 0 Å². The van der Waals surface area contributed by atoms with Crippen molar-refractivity contribution in [2.45, 2.75) is 32.3 Å². The highest BCUT2D eigenvalue weighted by Crippen LogP contribution is 2.22. The minimum atomic E-state index is 0.564. The maximum Gasteiger partial charge on any atom is 0.0815 e. The fraction of sp³-hybridized carbons (Fsp3) is 0.778. The molecule has 1 saturated heterocycles. The van der Waals surface area contributed by atoms with Gasteiger partial charge >= 0.3 is 0 Å². The molecule has 0 amide bonds. The summed E-state index contributed by atoms with van der Waals surface area (Å²) < 4.78 is 5.14. The van der Waals surface area contributed by atoms with Gasteiger partial charge in [0.25, 0.3) is 0 Å². The van der Waals surface area contributed by atoms with Crippen LogP contribution in [0.5, 0.6) is 0 Å². The standard InChI is InChI=1S/C9H16O/c1-3-5-8(4-2)6-9-7-10-9/h4,8-9H,2-3,5-7H2,1H3. The molecule has 1 heteroatoms. The first-order valence-corrected chi connectivity index (χ1v) is 4.11. The van der Waals surface area contributed by atoms with Crippen LogP contribution in [0.15, 0.2) is 12.7 Å². The lowest BCUT2D eigenvalue weighted by Crippen LogP contribution is -1.99. The summed E-state index contributed by atoms with van der Waals surface area (Å²) in [5.74, 6) is 0.692. The number of epoxide rings is 1. The summed E-state index contributed by atoms with van der Waals surface area (Å²) in [5.41, 5.74) is 0. The molecule has 0 aliphatic carbocycles. The molecule has 0 aromatic rings. The van der Waals surface area contributed by atoms with E-state index in [0.29, 0.717) is 12.0 Å². The molecule has 0 spiro atoms. The molecule has 0 bridgehead atoms. The largest absolute Gasteiger partial charge is 0.373 e. The highest BCUT2D eigenvalue weighted by atomic mass is 16.6. The highest BCUT2D eigenvalue weighted by molar-refractivity contribution is 4.84. The Hall–Kier alpha value is -0.300. The second kappa shape index (κ2) is 3.77. The van der Waals surface area contributed by atoms with Gasteiger partial charge in [-0.2, -0.15) is 0 Å². The van der Waals surface area contributed by atoms with Crippen molar-refractivity contribution >= 4 is 0 Å². The zero-order valence-electron chi connectivity index (χ0n) is 6.68. The van der Waals surface area contributed by atoms with Crippen molar-refractivity contribution in [3.05, 3.63) is 12.7 Å². The maximum atomic E-state index is 5.14. The molecule has 1 aliphatic rings. The average Bonchev–Trinajstić information content (AvgIpc) is 2.71. The zero-order chi connectivity index (χ0) is 7.40. The Morgan fingerprint density at radius 1 is 1.80 bits per heavy atom. The first-order chi connectivity index (χ1) is 4.86. The Kier molecular flexibility index (Phi) is 2.94. The number of rotatable bonds is 5. The Bertz CT molecular complexity index is 105. The molecule has 1 fully saturated rings. The lowest BCUT2D eigenvalue weighted by Gasteiger charge is -2.07.